The zero-order valence-electron chi connectivity index (χ0n) is 15.2. The fourth-order valence-corrected chi connectivity index (χ4v) is 2.61. The van der Waals surface area contributed by atoms with E-state index in [1.54, 1.807) is 19.1 Å². The van der Waals surface area contributed by atoms with Crippen molar-refractivity contribution in [2.75, 3.05) is 13.7 Å². The Morgan fingerprint density at radius 1 is 1.21 bits per heavy atom. The molecule has 0 aliphatic rings. The number of nitrogens with zero attached hydrogens (tertiary/aromatic N) is 1. The molecule has 0 bridgehead atoms. The number of benzene rings is 2. The van der Waals surface area contributed by atoms with Gasteiger partial charge < -0.3 is 15.0 Å². The highest BCUT2D eigenvalue weighted by Gasteiger charge is 2.28. The van der Waals surface area contributed by atoms with Crippen molar-refractivity contribution in [3.8, 4) is 5.75 Å². The van der Waals surface area contributed by atoms with Crippen LogP contribution >= 0.6 is 11.6 Å². The van der Waals surface area contributed by atoms with E-state index in [4.69, 9.17) is 11.6 Å². The van der Waals surface area contributed by atoms with Crippen molar-refractivity contribution < 1.29 is 27.1 Å². The number of hydrogen-bond acceptors (Lipinski definition) is 2. The minimum Gasteiger partial charge on any atom is -0.484 e. The Kier molecular flexibility index (Phi) is 7.12. The van der Waals surface area contributed by atoms with E-state index in [1.807, 2.05) is 0 Å². The predicted octanol–water partition coefficient (Wildman–Crippen LogP) is 5.32. The molecule has 0 aliphatic carbocycles. The van der Waals surface area contributed by atoms with Crippen molar-refractivity contribution in [1.29, 1.82) is 0 Å². The molecular weight excluding hydrogens is 400 g/mol. The smallest absolute Gasteiger partial charge is 0.422 e. The van der Waals surface area contributed by atoms with Crippen LogP contribution in [0.3, 0.4) is 0 Å². The molecule has 0 radical (unpaired) electrons. The van der Waals surface area contributed by atoms with Crippen molar-refractivity contribution in [2.45, 2.75) is 25.7 Å². The SMILES string of the molecule is C[C@H](NC(=O)N(C)Cc1c(F)cccc1Cl)c1ccc(OCC(F)(F)F)cc1. The second-order valence-corrected chi connectivity index (χ2v) is 6.61. The van der Waals surface area contributed by atoms with Crippen LogP contribution in [-0.4, -0.2) is 30.8 Å². The van der Waals surface area contributed by atoms with Gasteiger partial charge in [0.25, 0.3) is 0 Å². The fourth-order valence-electron chi connectivity index (χ4n) is 2.39. The second kappa shape index (κ2) is 9.14. The fraction of sp³-hybridized carbons (Fsp3) is 0.316. The first-order valence-corrected chi connectivity index (χ1v) is 8.68. The molecule has 0 spiro atoms. The molecule has 152 valence electrons. The van der Waals surface area contributed by atoms with Gasteiger partial charge in [-0.05, 0) is 36.8 Å². The lowest BCUT2D eigenvalue weighted by molar-refractivity contribution is -0.153. The molecule has 0 saturated carbocycles. The van der Waals surface area contributed by atoms with Gasteiger partial charge in [0, 0.05) is 17.6 Å². The Morgan fingerprint density at radius 3 is 2.43 bits per heavy atom. The van der Waals surface area contributed by atoms with Crippen molar-refractivity contribution in [2.24, 2.45) is 0 Å². The first-order valence-electron chi connectivity index (χ1n) is 8.31. The minimum absolute atomic E-state index is 0.0196. The standard InChI is InChI=1S/C19H19ClF4N2O2/c1-12(13-6-8-14(9-7-13)28-11-19(22,23)24)25-18(27)26(2)10-15-16(20)4-3-5-17(15)21/h3-9,12H,10-11H2,1-2H3,(H,25,27)/t12-/m0/s1. The maximum Gasteiger partial charge on any atom is 0.422 e. The molecule has 0 saturated heterocycles. The van der Waals surface area contributed by atoms with Crippen LogP contribution in [0.4, 0.5) is 22.4 Å². The van der Waals surface area contributed by atoms with Crippen LogP contribution in [0, 0.1) is 5.82 Å². The normalized spacial score (nSPS) is 12.4. The van der Waals surface area contributed by atoms with Crippen molar-refractivity contribution in [1.82, 2.24) is 10.2 Å². The first-order chi connectivity index (χ1) is 13.1. The molecule has 0 aromatic heterocycles. The van der Waals surface area contributed by atoms with Crippen LogP contribution in [0.25, 0.3) is 0 Å². The molecular formula is C19H19ClF4N2O2. The van der Waals surface area contributed by atoms with Crippen LogP contribution in [0.1, 0.15) is 24.1 Å². The van der Waals surface area contributed by atoms with Crippen LogP contribution in [0.15, 0.2) is 42.5 Å². The number of hydrogen-bond donors (Lipinski definition) is 1. The third-order valence-electron chi connectivity index (χ3n) is 3.93. The zero-order valence-corrected chi connectivity index (χ0v) is 15.9. The average molecular weight is 419 g/mol. The van der Waals surface area contributed by atoms with Crippen molar-refractivity contribution in [3.63, 3.8) is 0 Å². The van der Waals surface area contributed by atoms with Crippen molar-refractivity contribution >= 4 is 17.6 Å². The highest BCUT2D eigenvalue weighted by molar-refractivity contribution is 6.31. The molecule has 1 atom stereocenters. The van der Waals surface area contributed by atoms with Crippen molar-refractivity contribution in [3.05, 3.63) is 64.4 Å². The molecule has 9 heteroatoms. The van der Waals surface area contributed by atoms with E-state index in [0.717, 1.165) is 0 Å². The summed E-state index contributed by atoms with van der Waals surface area (Å²) in [5.41, 5.74) is 0.880. The molecule has 1 N–H and O–H groups in total. The van der Waals surface area contributed by atoms with E-state index in [-0.39, 0.29) is 22.9 Å². The topological polar surface area (TPSA) is 41.6 Å². The third-order valence-corrected chi connectivity index (χ3v) is 4.28. The van der Waals surface area contributed by atoms with E-state index in [9.17, 15) is 22.4 Å². The summed E-state index contributed by atoms with van der Waals surface area (Å²) in [6.45, 7) is 0.323. The molecule has 28 heavy (non-hydrogen) atoms. The Balaban J connectivity index is 1.94. The lowest BCUT2D eigenvalue weighted by Gasteiger charge is -2.22. The Bertz CT molecular complexity index is 792. The lowest BCUT2D eigenvalue weighted by atomic mass is 10.1. The van der Waals surface area contributed by atoms with Crippen LogP contribution in [0.5, 0.6) is 5.75 Å². The van der Waals surface area contributed by atoms with Gasteiger partial charge in [-0.3, -0.25) is 0 Å². The van der Waals surface area contributed by atoms with E-state index in [0.29, 0.717) is 5.56 Å². The van der Waals surface area contributed by atoms with Gasteiger partial charge in [0.15, 0.2) is 6.61 Å². The summed E-state index contributed by atoms with van der Waals surface area (Å²) < 4.78 is 55.0. The van der Waals surface area contributed by atoms with Gasteiger partial charge in [-0.25, -0.2) is 9.18 Å². The minimum atomic E-state index is -4.41. The molecule has 0 heterocycles. The molecule has 4 nitrogen and oxygen atoms in total. The molecule has 2 rings (SSSR count). The maximum atomic E-state index is 13.9. The summed E-state index contributed by atoms with van der Waals surface area (Å²) in [7, 11) is 1.50. The van der Waals surface area contributed by atoms with E-state index in [2.05, 4.69) is 10.1 Å². The molecule has 0 fully saturated rings. The summed E-state index contributed by atoms with van der Waals surface area (Å²) in [4.78, 5) is 13.6. The number of alkyl halides is 3. The highest BCUT2D eigenvalue weighted by atomic mass is 35.5. The third kappa shape index (κ3) is 6.30. The number of rotatable bonds is 6. The Hall–Kier alpha value is -2.48. The summed E-state index contributed by atoms with van der Waals surface area (Å²) >= 11 is 5.97. The maximum absolute atomic E-state index is 13.9. The number of carbonyl (C=O) groups excluding carboxylic acids is 1. The van der Waals surface area contributed by atoms with Gasteiger partial charge in [-0.1, -0.05) is 29.8 Å². The predicted molar refractivity (Wildman–Crippen MR) is 97.8 cm³/mol. The number of carbonyl (C=O) groups is 1. The van der Waals surface area contributed by atoms with Gasteiger partial charge in [0.2, 0.25) is 0 Å². The van der Waals surface area contributed by atoms with E-state index < -0.39 is 30.7 Å². The number of nitrogens with one attached hydrogen (secondary N) is 1. The van der Waals surface area contributed by atoms with Gasteiger partial charge in [-0.15, -0.1) is 0 Å². The van der Waals surface area contributed by atoms with E-state index in [1.165, 1.54) is 42.3 Å². The zero-order chi connectivity index (χ0) is 20.9. The van der Waals surface area contributed by atoms with E-state index >= 15 is 0 Å². The summed E-state index contributed by atoms with van der Waals surface area (Å²) in [6.07, 6.45) is -4.41. The molecule has 2 amide bonds. The van der Waals surface area contributed by atoms with Gasteiger partial charge in [-0.2, -0.15) is 13.2 Å². The second-order valence-electron chi connectivity index (χ2n) is 6.20. The van der Waals surface area contributed by atoms with Gasteiger partial charge in [0.1, 0.15) is 11.6 Å². The van der Waals surface area contributed by atoms with Gasteiger partial charge in [0.05, 0.1) is 12.6 Å². The monoisotopic (exact) mass is 418 g/mol. The van der Waals surface area contributed by atoms with Crippen LogP contribution in [0.2, 0.25) is 5.02 Å². The highest BCUT2D eigenvalue weighted by Crippen LogP contribution is 2.22. The number of amides is 2. The largest absolute Gasteiger partial charge is 0.484 e. The summed E-state index contributed by atoms with van der Waals surface area (Å²) in [6, 6.07) is 9.31. The molecule has 2 aromatic rings. The first kappa shape index (κ1) is 21.8. The molecule has 0 unspecified atom stereocenters. The molecule has 2 aromatic carbocycles. The Labute approximate surface area is 165 Å². The lowest BCUT2D eigenvalue weighted by Crippen LogP contribution is -2.38. The van der Waals surface area contributed by atoms with Crippen LogP contribution in [-0.2, 0) is 6.54 Å². The summed E-state index contributed by atoms with van der Waals surface area (Å²) in [5, 5.41) is 2.96. The quantitative estimate of drug-likeness (QED) is 0.645. The Morgan fingerprint density at radius 2 is 1.86 bits per heavy atom. The average Bonchev–Trinajstić information content (AvgIpc) is 2.62. The summed E-state index contributed by atoms with van der Waals surface area (Å²) in [5.74, 6) is -0.430. The molecule has 0 aliphatic heterocycles. The number of urea groups is 1. The van der Waals surface area contributed by atoms with Crippen LogP contribution < -0.4 is 10.1 Å². The number of ether oxygens (including phenoxy) is 1. The number of halogens is 5. The van der Waals surface area contributed by atoms with Gasteiger partial charge >= 0.3 is 12.2 Å².